The van der Waals surface area contributed by atoms with Gasteiger partial charge in [-0.3, -0.25) is 4.79 Å². The average molecular weight is 491 g/mol. The number of aliphatic hydroxyl groups excluding tert-OH is 1. The van der Waals surface area contributed by atoms with Crippen LogP contribution in [-0.4, -0.2) is 75.2 Å². The van der Waals surface area contributed by atoms with Crippen LogP contribution in [-0.2, 0) is 31.0 Å². The van der Waals surface area contributed by atoms with E-state index in [0.29, 0.717) is 18.4 Å². The molecule has 0 bridgehead atoms. The Balaban J connectivity index is 1.62. The van der Waals surface area contributed by atoms with Crippen LogP contribution in [0.25, 0.3) is 0 Å². The van der Waals surface area contributed by atoms with Crippen molar-refractivity contribution < 1.29 is 44.3 Å². The molecule has 1 aromatic carbocycles. The maximum absolute atomic E-state index is 12.8. The standard InChI is InChI=1S/C24H30N2O9/c1-4-23-18-12-5-6-13(27)19(18)35-20(23)15(7-8-24(23,33)16(9-12)25-3)34-22(32)11(2)26-17(29)10-14(28)21(30)31/h5-7,11,14,16,20,25,27-28,33H,4,8-10H2,1-3H3,(H,26,29)(H,30,31)/t11-,14-,16+,20-,23-,24+/m0/s1. The summed E-state index contributed by atoms with van der Waals surface area (Å²) in [6, 6.07) is 1.90. The van der Waals surface area contributed by atoms with E-state index in [-0.39, 0.29) is 29.7 Å². The van der Waals surface area contributed by atoms with E-state index < -0.39 is 53.5 Å². The maximum Gasteiger partial charge on any atom is 0.333 e. The number of phenols is 1. The number of aliphatic carboxylic acids is 1. The first-order valence-corrected chi connectivity index (χ1v) is 11.5. The van der Waals surface area contributed by atoms with Crippen molar-refractivity contribution in [2.45, 2.75) is 74.8 Å². The zero-order valence-corrected chi connectivity index (χ0v) is 19.7. The zero-order chi connectivity index (χ0) is 25.7. The molecule has 3 aliphatic rings. The quantitative estimate of drug-likeness (QED) is 0.269. The normalized spacial score (nSPS) is 29.8. The maximum atomic E-state index is 12.8. The van der Waals surface area contributed by atoms with Crippen LogP contribution in [0.4, 0.5) is 0 Å². The largest absolute Gasteiger partial charge is 0.504 e. The molecule has 190 valence electrons. The third kappa shape index (κ3) is 3.65. The third-order valence-electron chi connectivity index (χ3n) is 7.52. The highest BCUT2D eigenvalue weighted by Gasteiger charge is 2.69. The molecule has 0 unspecified atom stereocenters. The lowest BCUT2D eigenvalue weighted by Crippen LogP contribution is -2.70. The van der Waals surface area contributed by atoms with Crippen molar-refractivity contribution in [2.75, 3.05) is 7.05 Å². The number of carbonyl (C=O) groups excluding carboxylic acids is 2. The fourth-order valence-corrected chi connectivity index (χ4v) is 5.80. The number of amides is 1. The summed E-state index contributed by atoms with van der Waals surface area (Å²) in [6.07, 6.45) is -0.779. The van der Waals surface area contributed by atoms with Crippen LogP contribution in [0.1, 0.15) is 44.2 Å². The van der Waals surface area contributed by atoms with Crippen LogP contribution in [0, 0.1) is 0 Å². The van der Waals surface area contributed by atoms with Crippen molar-refractivity contribution in [1.29, 1.82) is 0 Å². The Bertz CT molecular complexity index is 1100. The van der Waals surface area contributed by atoms with Crippen molar-refractivity contribution >= 4 is 17.8 Å². The minimum absolute atomic E-state index is 0.0699. The first kappa shape index (κ1) is 25.0. The van der Waals surface area contributed by atoms with Crippen molar-refractivity contribution in [3.63, 3.8) is 0 Å². The second kappa shape index (κ2) is 8.81. The molecule has 0 saturated heterocycles. The molecule has 0 aromatic heterocycles. The van der Waals surface area contributed by atoms with Gasteiger partial charge in [0, 0.05) is 18.0 Å². The summed E-state index contributed by atoms with van der Waals surface area (Å²) in [7, 11) is 1.77. The van der Waals surface area contributed by atoms with Crippen molar-refractivity contribution in [2.24, 2.45) is 0 Å². The van der Waals surface area contributed by atoms with Crippen molar-refractivity contribution in [3.05, 3.63) is 35.1 Å². The van der Waals surface area contributed by atoms with Crippen LogP contribution in [0.2, 0.25) is 0 Å². The van der Waals surface area contributed by atoms with E-state index in [9.17, 15) is 29.7 Å². The number of phenolic OH excluding ortho intramolecular Hbond substituents is 1. The lowest BCUT2D eigenvalue weighted by atomic mass is 9.52. The smallest absolute Gasteiger partial charge is 0.333 e. The number of aromatic hydroxyl groups is 1. The number of carboxylic acid groups (broad SMARTS) is 1. The molecule has 0 fully saturated rings. The first-order valence-electron chi connectivity index (χ1n) is 11.5. The van der Waals surface area contributed by atoms with E-state index in [1.165, 1.54) is 6.92 Å². The van der Waals surface area contributed by atoms with Crippen LogP contribution in [0.3, 0.4) is 0 Å². The van der Waals surface area contributed by atoms with Crippen LogP contribution in [0.15, 0.2) is 24.0 Å². The fourth-order valence-electron chi connectivity index (χ4n) is 5.80. The van der Waals surface area contributed by atoms with Gasteiger partial charge < -0.3 is 40.5 Å². The SMILES string of the molecule is CC[C@]12c3c4ccc(O)c3O[C@H]1C(OC(=O)[C@H](C)NC(=O)C[C@H](O)C(=O)O)=CC[C@@]2(O)[C@H](NC)C4. The Labute approximate surface area is 201 Å². The number of esters is 1. The third-order valence-corrected chi connectivity index (χ3v) is 7.52. The molecular formula is C24H30N2O9. The van der Waals surface area contributed by atoms with Gasteiger partial charge in [-0.1, -0.05) is 13.0 Å². The molecule has 2 aliphatic carbocycles. The molecule has 0 spiro atoms. The number of nitrogens with one attached hydrogen (secondary N) is 2. The molecule has 35 heavy (non-hydrogen) atoms. The first-order chi connectivity index (χ1) is 16.5. The van der Waals surface area contributed by atoms with Gasteiger partial charge in [0.25, 0.3) is 0 Å². The van der Waals surface area contributed by atoms with Gasteiger partial charge in [0.15, 0.2) is 23.7 Å². The molecule has 0 saturated carbocycles. The highest BCUT2D eigenvalue weighted by atomic mass is 16.6. The molecule has 1 heterocycles. The summed E-state index contributed by atoms with van der Waals surface area (Å²) in [6.45, 7) is 3.28. The van der Waals surface area contributed by atoms with Gasteiger partial charge in [0.1, 0.15) is 11.8 Å². The van der Waals surface area contributed by atoms with E-state index in [4.69, 9.17) is 14.6 Å². The molecule has 4 rings (SSSR count). The molecule has 6 atom stereocenters. The Hall–Kier alpha value is -3.15. The molecule has 1 aromatic rings. The minimum atomic E-state index is -1.89. The van der Waals surface area contributed by atoms with Crippen LogP contribution >= 0.6 is 0 Å². The van der Waals surface area contributed by atoms with E-state index in [0.717, 1.165) is 5.56 Å². The number of hydrogen-bond donors (Lipinski definition) is 6. The number of carbonyl (C=O) groups is 3. The zero-order valence-electron chi connectivity index (χ0n) is 19.7. The summed E-state index contributed by atoms with van der Waals surface area (Å²) in [5, 5.41) is 46.1. The van der Waals surface area contributed by atoms with Gasteiger partial charge >= 0.3 is 11.9 Å². The summed E-state index contributed by atoms with van der Waals surface area (Å²) in [4.78, 5) is 35.5. The number of likely N-dealkylation sites (N-methyl/N-ethyl adjacent to an activating group) is 1. The van der Waals surface area contributed by atoms with Gasteiger partial charge in [0.05, 0.1) is 17.4 Å². The number of aliphatic hydroxyl groups is 2. The highest BCUT2D eigenvalue weighted by molar-refractivity contribution is 5.87. The molecule has 11 heteroatoms. The van der Waals surface area contributed by atoms with Gasteiger partial charge in [-0.25, -0.2) is 9.59 Å². The van der Waals surface area contributed by atoms with E-state index in [1.807, 2.05) is 13.0 Å². The van der Waals surface area contributed by atoms with Crippen LogP contribution < -0.4 is 15.4 Å². The van der Waals surface area contributed by atoms with E-state index in [1.54, 1.807) is 19.2 Å². The van der Waals surface area contributed by atoms with Gasteiger partial charge in [-0.15, -0.1) is 0 Å². The summed E-state index contributed by atoms with van der Waals surface area (Å²) in [5.41, 5.74) is -0.637. The van der Waals surface area contributed by atoms with E-state index >= 15 is 0 Å². The average Bonchev–Trinajstić information content (AvgIpc) is 3.19. The lowest BCUT2D eigenvalue weighted by molar-refractivity contribution is -0.151. The number of benzene rings is 1. The monoisotopic (exact) mass is 490 g/mol. The summed E-state index contributed by atoms with van der Waals surface area (Å²) >= 11 is 0. The van der Waals surface area contributed by atoms with Gasteiger partial charge in [-0.2, -0.15) is 0 Å². The number of ether oxygens (including phenoxy) is 2. The molecule has 6 N–H and O–H groups in total. The highest BCUT2D eigenvalue weighted by Crippen LogP contribution is 2.63. The Morgan fingerprint density at radius 2 is 2.03 bits per heavy atom. The molecule has 0 radical (unpaired) electrons. The lowest BCUT2D eigenvalue weighted by Gasteiger charge is -2.56. The number of rotatable bonds is 8. The second-order valence-electron chi connectivity index (χ2n) is 9.32. The predicted octanol–water partition coefficient (Wildman–Crippen LogP) is -0.153. The number of carboxylic acids is 1. The minimum Gasteiger partial charge on any atom is -0.504 e. The summed E-state index contributed by atoms with van der Waals surface area (Å²) in [5.74, 6) is -2.85. The second-order valence-corrected chi connectivity index (χ2v) is 9.32. The van der Waals surface area contributed by atoms with Crippen LogP contribution in [0.5, 0.6) is 11.5 Å². The van der Waals surface area contributed by atoms with Crippen molar-refractivity contribution in [3.8, 4) is 11.5 Å². The fraction of sp³-hybridized carbons (Fsp3) is 0.542. The molecule has 11 nitrogen and oxygen atoms in total. The molecule has 1 amide bonds. The Morgan fingerprint density at radius 1 is 1.31 bits per heavy atom. The summed E-state index contributed by atoms with van der Waals surface area (Å²) < 4.78 is 11.8. The Morgan fingerprint density at radius 3 is 2.66 bits per heavy atom. The van der Waals surface area contributed by atoms with Crippen molar-refractivity contribution in [1.82, 2.24) is 10.6 Å². The van der Waals surface area contributed by atoms with Gasteiger partial charge in [0.2, 0.25) is 5.91 Å². The van der Waals surface area contributed by atoms with E-state index in [2.05, 4.69) is 10.6 Å². The molecular weight excluding hydrogens is 460 g/mol. The van der Waals surface area contributed by atoms with Gasteiger partial charge in [-0.05, 0) is 44.5 Å². The predicted molar refractivity (Wildman–Crippen MR) is 121 cm³/mol. The Kier molecular flexibility index (Phi) is 6.28. The topological polar surface area (TPSA) is 175 Å². The number of hydrogen-bond acceptors (Lipinski definition) is 9. The molecule has 1 aliphatic heterocycles.